The molecule has 4 heterocycles. The highest BCUT2D eigenvalue weighted by molar-refractivity contribution is 6.07. The van der Waals surface area contributed by atoms with E-state index < -0.39 is 17.6 Å². The molecule has 12 heteroatoms. The van der Waals surface area contributed by atoms with Gasteiger partial charge in [-0.25, -0.2) is 15.0 Å². The second kappa shape index (κ2) is 9.81. The molecule has 5 N–H and O–H groups in total. The summed E-state index contributed by atoms with van der Waals surface area (Å²) in [7, 11) is 0. The van der Waals surface area contributed by atoms with E-state index in [9.17, 15) is 18.0 Å². The van der Waals surface area contributed by atoms with Crippen LogP contribution in [0.3, 0.4) is 0 Å². The van der Waals surface area contributed by atoms with Gasteiger partial charge in [0, 0.05) is 30.7 Å². The van der Waals surface area contributed by atoms with Gasteiger partial charge in [0.1, 0.15) is 17.5 Å². The number of aryl methyl sites for hydroxylation is 1. The Morgan fingerprint density at radius 3 is 2.47 bits per heavy atom. The average Bonchev–Trinajstić information content (AvgIpc) is 3.28. The Kier molecular flexibility index (Phi) is 6.37. The number of anilines is 3. The SMILES string of the molecule is Cc1ccc(NC(=O)c2cc(C(F)(F)F)cnc2NCc2ccc(-c3cnc4n[nH]c(N)c4c3)cc2)nc1. The molecule has 0 atom stereocenters. The van der Waals surface area contributed by atoms with E-state index in [0.29, 0.717) is 23.0 Å². The molecule has 38 heavy (non-hydrogen) atoms. The standard InChI is InChI=1S/C26H21F3N8O/c1-14-2-7-21(31-10-14)35-25(38)20-9-18(26(27,28)29)13-34-23(20)32-11-15-3-5-16(6-4-15)17-8-19-22(30)36-37-24(19)33-12-17/h2-10,12-13H,11H2,1H3,(H,32,34)(H,31,35,38)(H3,30,33,36,37). The number of benzene rings is 1. The number of alkyl halides is 3. The van der Waals surface area contributed by atoms with Crippen LogP contribution < -0.4 is 16.4 Å². The second-order valence-electron chi connectivity index (χ2n) is 8.58. The highest BCUT2D eigenvalue weighted by atomic mass is 19.4. The number of carbonyl (C=O) groups is 1. The fourth-order valence-corrected chi connectivity index (χ4v) is 3.74. The van der Waals surface area contributed by atoms with Gasteiger partial charge in [-0.3, -0.25) is 9.89 Å². The minimum atomic E-state index is -4.66. The molecule has 1 aromatic carbocycles. The lowest BCUT2D eigenvalue weighted by Crippen LogP contribution is -2.18. The van der Waals surface area contributed by atoms with Crippen LogP contribution in [-0.2, 0) is 12.7 Å². The Balaban J connectivity index is 1.35. The number of carbonyl (C=O) groups excluding carboxylic acids is 1. The number of nitrogen functional groups attached to an aromatic ring is 1. The number of halogens is 3. The van der Waals surface area contributed by atoms with Crippen LogP contribution in [0.15, 0.2) is 67.1 Å². The zero-order valence-corrected chi connectivity index (χ0v) is 20.0. The van der Waals surface area contributed by atoms with E-state index in [1.54, 1.807) is 24.5 Å². The first kappa shape index (κ1) is 24.7. The number of aromatic amines is 1. The lowest BCUT2D eigenvalue weighted by molar-refractivity contribution is -0.137. The molecule has 5 rings (SSSR count). The van der Waals surface area contributed by atoms with Crippen LogP contribution in [0, 0.1) is 6.92 Å². The van der Waals surface area contributed by atoms with Crippen molar-refractivity contribution in [2.75, 3.05) is 16.4 Å². The fraction of sp³-hybridized carbons (Fsp3) is 0.115. The van der Waals surface area contributed by atoms with Gasteiger partial charge in [0.15, 0.2) is 5.65 Å². The molecule has 5 aromatic rings. The van der Waals surface area contributed by atoms with Crippen LogP contribution >= 0.6 is 0 Å². The summed E-state index contributed by atoms with van der Waals surface area (Å²) in [5.74, 6) is -0.113. The first-order valence-electron chi connectivity index (χ1n) is 11.4. The number of hydrogen-bond donors (Lipinski definition) is 4. The fourth-order valence-electron chi connectivity index (χ4n) is 3.74. The van der Waals surface area contributed by atoms with Gasteiger partial charge in [0.05, 0.1) is 16.5 Å². The van der Waals surface area contributed by atoms with E-state index in [-0.39, 0.29) is 23.7 Å². The summed E-state index contributed by atoms with van der Waals surface area (Å²) in [4.78, 5) is 25.2. The molecule has 0 aliphatic rings. The third-order valence-corrected chi connectivity index (χ3v) is 5.80. The van der Waals surface area contributed by atoms with Crippen molar-refractivity contribution >= 4 is 34.4 Å². The second-order valence-corrected chi connectivity index (χ2v) is 8.58. The van der Waals surface area contributed by atoms with Gasteiger partial charge in [0.2, 0.25) is 0 Å². The van der Waals surface area contributed by atoms with E-state index in [0.717, 1.165) is 28.3 Å². The summed E-state index contributed by atoms with van der Waals surface area (Å²) < 4.78 is 40.0. The number of nitrogens with zero attached hydrogens (tertiary/aromatic N) is 4. The molecular weight excluding hydrogens is 497 g/mol. The van der Waals surface area contributed by atoms with E-state index >= 15 is 0 Å². The van der Waals surface area contributed by atoms with E-state index in [2.05, 4.69) is 35.8 Å². The van der Waals surface area contributed by atoms with Crippen molar-refractivity contribution < 1.29 is 18.0 Å². The summed E-state index contributed by atoms with van der Waals surface area (Å²) in [6.45, 7) is 2.04. The normalized spacial score (nSPS) is 11.5. The monoisotopic (exact) mass is 518 g/mol. The van der Waals surface area contributed by atoms with Crippen LogP contribution in [0.25, 0.3) is 22.2 Å². The van der Waals surface area contributed by atoms with Gasteiger partial charge in [-0.15, -0.1) is 0 Å². The van der Waals surface area contributed by atoms with Gasteiger partial charge in [0.25, 0.3) is 5.91 Å². The lowest BCUT2D eigenvalue weighted by atomic mass is 10.0. The van der Waals surface area contributed by atoms with Crippen LogP contribution in [-0.4, -0.2) is 31.1 Å². The molecule has 4 aromatic heterocycles. The molecule has 1 amide bonds. The highest BCUT2D eigenvalue weighted by Gasteiger charge is 2.32. The van der Waals surface area contributed by atoms with Crippen molar-refractivity contribution in [2.45, 2.75) is 19.6 Å². The largest absolute Gasteiger partial charge is 0.417 e. The van der Waals surface area contributed by atoms with Gasteiger partial charge in [-0.2, -0.15) is 18.3 Å². The van der Waals surface area contributed by atoms with E-state index in [4.69, 9.17) is 5.73 Å². The molecule has 0 spiro atoms. The number of rotatable bonds is 6. The number of fused-ring (bicyclic) bond motifs is 1. The van der Waals surface area contributed by atoms with Gasteiger partial charge in [-0.1, -0.05) is 30.3 Å². The predicted octanol–water partition coefficient (Wildman–Crippen LogP) is 5.19. The number of nitrogens with one attached hydrogen (secondary N) is 3. The third-order valence-electron chi connectivity index (χ3n) is 5.80. The van der Waals surface area contributed by atoms with Crippen molar-refractivity contribution in [1.29, 1.82) is 0 Å². The molecule has 0 aliphatic carbocycles. The average molecular weight is 519 g/mol. The Morgan fingerprint density at radius 1 is 0.974 bits per heavy atom. The Morgan fingerprint density at radius 2 is 1.76 bits per heavy atom. The van der Waals surface area contributed by atoms with E-state index in [1.807, 2.05) is 37.3 Å². The van der Waals surface area contributed by atoms with E-state index in [1.165, 1.54) is 0 Å². The first-order chi connectivity index (χ1) is 18.2. The van der Waals surface area contributed by atoms with Gasteiger partial charge in [-0.05, 0) is 41.8 Å². The summed E-state index contributed by atoms with van der Waals surface area (Å²) in [6, 6.07) is 13.4. The zero-order valence-electron chi connectivity index (χ0n) is 20.0. The summed E-state index contributed by atoms with van der Waals surface area (Å²) in [6.07, 6.45) is -0.731. The van der Waals surface area contributed by atoms with Crippen molar-refractivity contribution in [2.24, 2.45) is 0 Å². The highest BCUT2D eigenvalue weighted by Crippen LogP contribution is 2.31. The number of aromatic nitrogens is 5. The molecule has 9 nitrogen and oxygen atoms in total. The summed E-state index contributed by atoms with van der Waals surface area (Å²) in [5.41, 5.74) is 8.56. The maximum absolute atomic E-state index is 13.3. The van der Waals surface area contributed by atoms with Crippen molar-refractivity contribution in [3.8, 4) is 11.1 Å². The summed E-state index contributed by atoms with van der Waals surface area (Å²) in [5, 5.41) is 12.9. The quantitative estimate of drug-likeness (QED) is 0.243. The zero-order chi connectivity index (χ0) is 26.9. The smallest absolute Gasteiger partial charge is 0.384 e. The topological polar surface area (TPSA) is 134 Å². The number of amides is 1. The molecule has 0 bridgehead atoms. The Bertz CT molecular complexity index is 1610. The number of H-pyrrole nitrogens is 1. The van der Waals surface area contributed by atoms with Gasteiger partial charge >= 0.3 is 6.18 Å². The predicted molar refractivity (Wildman–Crippen MR) is 137 cm³/mol. The number of pyridine rings is 3. The molecule has 0 unspecified atom stereocenters. The van der Waals surface area contributed by atoms with Crippen molar-refractivity contribution in [3.05, 3.63) is 89.4 Å². The van der Waals surface area contributed by atoms with Crippen LogP contribution in [0.4, 0.5) is 30.6 Å². The molecule has 0 saturated carbocycles. The minimum Gasteiger partial charge on any atom is -0.384 e. The maximum atomic E-state index is 13.3. The van der Waals surface area contributed by atoms with Gasteiger partial charge < -0.3 is 16.4 Å². The maximum Gasteiger partial charge on any atom is 0.417 e. The van der Waals surface area contributed by atoms with Crippen molar-refractivity contribution in [3.63, 3.8) is 0 Å². The lowest BCUT2D eigenvalue weighted by Gasteiger charge is -2.14. The Hall–Kier alpha value is -5.00. The van der Waals surface area contributed by atoms with Crippen LogP contribution in [0.5, 0.6) is 0 Å². The summed E-state index contributed by atoms with van der Waals surface area (Å²) >= 11 is 0. The van der Waals surface area contributed by atoms with Crippen LogP contribution in [0.2, 0.25) is 0 Å². The molecule has 0 radical (unpaired) electrons. The Labute approximate surface area is 214 Å². The molecular formula is C26H21F3N8O. The third kappa shape index (κ3) is 5.24. The molecule has 192 valence electrons. The van der Waals surface area contributed by atoms with Crippen molar-refractivity contribution in [1.82, 2.24) is 25.1 Å². The van der Waals surface area contributed by atoms with Crippen LogP contribution in [0.1, 0.15) is 27.0 Å². The minimum absolute atomic E-state index is 0.0109. The molecule has 0 fully saturated rings. The molecule has 0 aliphatic heterocycles. The molecule has 0 saturated heterocycles. The first-order valence-corrected chi connectivity index (χ1v) is 11.4. The number of nitrogens with two attached hydrogens (primary N) is 1. The number of hydrogen-bond acceptors (Lipinski definition) is 7.